The Kier molecular flexibility index (Phi) is 12.2. The molecule has 1 aromatic carbocycles. The summed E-state index contributed by atoms with van der Waals surface area (Å²) in [6, 6.07) is 0.610. The quantitative estimate of drug-likeness (QED) is 0.130. The van der Waals surface area contributed by atoms with E-state index in [2.05, 4.69) is 16.0 Å². The molecule has 0 spiro atoms. The molecule has 1 rings (SSSR count). The zero-order chi connectivity index (χ0) is 26.5. The SMILES string of the molecule is CC(NC(=O)C(N)CCCCN)C(=O)NC(CC(=O)O)C(=O)NC(Cc1ccc(O)cc1)C(=O)O. The van der Waals surface area contributed by atoms with E-state index in [1.54, 1.807) is 0 Å². The van der Waals surface area contributed by atoms with E-state index in [-0.39, 0.29) is 12.2 Å². The maximum atomic E-state index is 12.7. The van der Waals surface area contributed by atoms with Crippen molar-refractivity contribution in [3.8, 4) is 5.75 Å². The van der Waals surface area contributed by atoms with Gasteiger partial charge >= 0.3 is 11.9 Å². The van der Waals surface area contributed by atoms with Crippen molar-refractivity contribution in [2.75, 3.05) is 6.54 Å². The molecule has 0 saturated carbocycles. The highest BCUT2D eigenvalue weighted by Gasteiger charge is 2.30. The topological polar surface area (TPSA) is 234 Å². The second-order valence-corrected chi connectivity index (χ2v) is 8.05. The molecule has 0 aliphatic carbocycles. The Morgan fingerprint density at radius 2 is 1.49 bits per heavy atom. The van der Waals surface area contributed by atoms with Crippen LogP contribution in [0.3, 0.4) is 0 Å². The third kappa shape index (κ3) is 10.8. The van der Waals surface area contributed by atoms with Gasteiger partial charge in [-0.15, -0.1) is 0 Å². The maximum Gasteiger partial charge on any atom is 0.326 e. The Bertz CT molecular complexity index is 892. The lowest BCUT2D eigenvalue weighted by Gasteiger charge is -2.23. The maximum absolute atomic E-state index is 12.7. The monoisotopic (exact) mass is 495 g/mol. The van der Waals surface area contributed by atoms with Crippen LogP contribution in [0.4, 0.5) is 0 Å². The van der Waals surface area contributed by atoms with Gasteiger partial charge in [-0.3, -0.25) is 19.2 Å². The van der Waals surface area contributed by atoms with Crippen LogP contribution in [0.1, 0.15) is 38.2 Å². The van der Waals surface area contributed by atoms with Gasteiger partial charge in [0.05, 0.1) is 12.5 Å². The van der Waals surface area contributed by atoms with E-state index in [4.69, 9.17) is 16.6 Å². The number of carboxylic acids is 2. The third-order valence-corrected chi connectivity index (χ3v) is 5.06. The van der Waals surface area contributed by atoms with Crippen molar-refractivity contribution >= 4 is 29.7 Å². The van der Waals surface area contributed by atoms with Crippen molar-refractivity contribution < 1.29 is 39.3 Å². The minimum Gasteiger partial charge on any atom is -0.508 e. The number of amides is 3. The first-order chi connectivity index (χ1) is 16.4. The van der Waals surface area contributed by atoms with Crippen LogP contribution in [0.2, 0.25) is 0 Å². The Morgan fingerprint density at radius 3 is 2.03 bits per heavy atom. The highest BCUT2D eigenvalue weighted by atomic mass is 16.4. The number of hydrogen-bond acceptors (Lipinski definition) is 8. The molecule has 0 aliphatic rings. The fraction of sp³-hybridized carbons (Fsp3) is 0.500. The average Bonchev–Trinajstić information content (AvgIpc) is 2.78. The number of nitrogens with two attached hydrogens (primary N) is 2. The van der Waals surface area contributed by atoms with Crippen LogP contribution in [0, 0.1) is 0 Å². The highest BCUT2D eigenvalue weighted by Crippen LogP contribution is 2.12. The molecule has 0 bridgehead atoms. The first kappa shape index (κ1) is 29.3. The fourth-order valence-corrected chi connectivity index (χ4v) is 3.05. The van der Waals surface area contributed by atoms with E-state index >= 15 is 0 Å². The summed E-state index contributed by atoms with van der Waals surface area (Å²) in [6.07, 6.45) is 0.708. The molecule has 0 heterocycles. The second kappa shape index (κ2) is 14.5. The molecule has 0 radical (unpaired) electrons. The number of rotatable bonds is 15. The van der Waals surface area contributed by atoms with Crippen LogP contribution >= 0.6 is 0 Å². The van der Waals surface area contributed by atoms with Crippen LogP contribution in [0.25, 0.3) is 0 Å². The van der Waals surface area contributed by atoms with Gasteiger partial charge in [0.25, 0.3) is 0 Å². The van der Waals surface area contributed by atoms with Crippen LogP contribution in [-0.4, -0.2) is 75.7 Å². The zero-order valence-electron chi connectivity index (χ0n) is 19.4. The molecule has 0 aliphatic heterocycles. The molecule has 1 aromatic rings. The molecule has 4 atom stereocenters. The van der Waals surface area contributed by atoms with E-state index in [0.717, 1.165) is 0 Å². The number of carbonyl (C=O) groups excluding carboxylic acids is 3. The Hall–Kier alpha value is -3.71. The van der Waals surface area contributed by atoms with E-state index in [9.17, 15) is 34.2 Å². The van der Waals surface area contributed by atoms with Gasteiger partial charge in [0.1, 0.15) is 23.9 Å². The molecule has 13 nitrogen and oxygen atoms in total. The number of carbonyl (C=O) groups is 5. The summed E-state index contributed by atoms with van der Waals surface area (Å²) < 4.78 is 0. The van der Waals surface area contributed by atoms with Crippen LogP contribution in [0.15, 0.2) is 24.3 Å². The lowest BCUT2D eigenvalue weighted by molar-refractivity contribution is -0.143. The predicted molar refractivity (Wildman–Crippen MR) is 124 cm³/mol. The number of aliphatic carboxylic acids is 2. The van der Waals surface area contributed by atoms with Crippen molar-refractivity contribution in [2.45, 2.75) is 63.2 Å². The summed E-state index contributed by atoms with van der Waals surface area (Å²) in [5.41, 5.74) is 11.7. The van der Waals surface area contributed by atoms with Crippen LogP contribution in [-0.2, 0) is 30.4 Å². The number of phenols is 1. The molecule has 194 valence electrons. The molecular weight excluding hydrogens is 462 g/mol. The third-order valence-electron chi connectivity index (χ3n) is 5.06. The summed E-state index contributed by atoms with van der Waals surface area (Å²) in [4.78, 5) is 60.2. The van der Waals surface area contributed by atoms with Crippen LogP contribution < -0.4 is 27.4 Å². The molecule has 35 heavy (non-hydrogen) atoms. The minimum atomic E-state index is -1.60. The van der Waals surface area contributed by atoms with Gasteiger partial charge < -0.3 is 42.7 Å². The Labute approximate surface area is 202 Å². The van der Waals surface area contributed by atoms with Gasteiger partial charge in [0.2, 0.25) is 17.7 Å². The van der Waals surface area contributed by atoms with E-state index in [0.29, 0.717) is 31.4 Å². The molecular formula is C22H33N5O8. The second-order valence-electron chi connectivity index (χ2n) is 8.05. The summed E-state index contributed by atoms with van der Waals surface area (Å²) >= 11 is 0. The van der Waals surface area contributed by atoms with Gasteiger partial charge in [-0.25, -0.2) is 4.79 Å². The summed E-state index contributed by atoms with van der Waals surface area (Å²) in [5.74, 6) is -5.27. The van der Waals surface area contributed by atoms with Gasteiger partial charge in [-0.05, 0) is 44.0 Å². The minimum absolute atomic E-state index is 0.0216. The lowest BCUT2D eigenvalue weighted by atomic mass is 10.0. The Balaban J connectivity index is 2.80. The number of unbranched alkanes of at least 4 members (excludes halogenated alkanes) is 1. The number of benzene rings is 1. The van der Waals surface area contributed by atoms with Crippen LogP contribution in [0.5, 0.6) is 5.75 Å². The predicted octanol–water partition coefficient (Wildman–Crippen LogP) is -1.58. The van der Waals surface area contributed by atoms with E-state index < -0.39 is 60.2 Å². The lowest BCUT2D eigenvalue weighted by Crippen LogP contribution is -2.57. The largest absolute Gasteiger partial charge is 0.508 e. The Morgan fingerprint density at radius 1 is 0.886 bits per heavy atom. The zero-order valence-corrected chi connectivity index (χ0v) is 19.4. The van der Waals surface area contributed by atoms with Crippen molar-refractivity contribution in [1.82, 2.24) is 16.0 Å². The van der Waals surface area contributed by atoms with Gasteiger partial charge in [0, 0.05) is 6.42 Å². The summed E-state index contributed by atoms with van der Waals surface area (Å²) in [5, 5.41) is 34.8. The number of carboxylic acid groups (broad SMARTS) is 2. The van der Waals surface area contributed by atoms with Crippen molar-refractivity contribution in [2.24, 2.45) is 11.5 Å². The number of aromatic hydroxyl groups is 1. The molecule has 10 N–H and O–H groups in total. The van der Waals surface area contributed by atoms with E-state index in [1.807, 2.05) is 0 Å². The highest BCUT2D eigenvalue weighted by molar-refractivity contribution is 5.95. The number of phenolic OH excluding ortho intramolecular Hbond substituents is 1. The fourth-order valence-electron chi connectivity index (χ4n) is 3.05. The molecule has 13 heteroatoms. The number of nitrogens with one attached hydrogen (secondary N) is 3. The van der Waals surface area contributed by atoms with Crippen molar-refractivity contribution in [3.05, 3.63) is 29.8 Å². The number of hydrogen-bond donors (Lipinski definition) is 8. The van der Waals surface area contributed by atoms with Gasteiger partial charge in [0.15, 0.2) is 0 Å². The summed E-state index contributed by atoms with van der Waals surface area (Å²) in [7, 11) is 0. The van der Waals surface area contributed by atoms with Crippen molar-refractivity contribution in [1.29, 1.82) is 0 Å². The smallest absolute Gasteiger partial charge is 0.326 e. The molecule has 0 fully saturated rings. The average molecular weight is 496 g/mol. The standard InChI is InChI=1S/C22H33N5O8/c1-12(25-20(32)15(24)4-2-3-9-23)19(31)26-16(11-18(29)30)21(33)27-17(22(34)35)10-13-5-7-14(28)8-6-13/h5-8,12,15-17,28H,2-4,9-11,23-24H2,1H3,(H,25,32)(H,26,31)(H,27,33)(H,29,30)(H,34,35). The molecule has 0 aromatic heterocycles. The van der Waals surface area contributed by atoms with Crippen molar-refractivity contribution in [3.63, 3.8) is 0 Å². The summed E-state index contributed by atoms with van der Waals surface area (Å²) in [6.45, 7) is 1.79. The van der Waals surface area contributed by atoms with E-state index in [1.165, 1.54) is 31.2 Å². The normalized spacial score (nSPS) is 14.1. The first-order valence-corrected chi connectivity index (χ1v) is 11.0. The molecule has 3 amide bonds. The van der Waals surface area contributed by atoms with Gasteiger partial charge in [-0.2, -0.15) is 0 Å². The molecule has 0 saturated heterocycles. The van der Waals surface area contributed by atoms with Gasteiger partial charge in [-0.1, -0.05) is 18.6 Å². The first-order valence-electron chi connectivity index (χ1n) is 11.0. The molecule has 4 unspecified atom stereocenters.